The van der Waals surface area contributed by atoms with E-state index in [-0.39, 0.29) is 29.2 Å². The summed E-state index contributed by atoms with van der Waals surface area (Å²) in [5.74, 6) is 1.50. The molecule has 11 nitrogen and oxygen atoms in total. The van der Waals surface area contributed by atoms with Crippen molar-refractivity contribution in [2.24, 2.45) is 23.2 Å². The molecule has 0 radical (unpaired) electrons. The number of aliphatic hydroxyl groups excluding tert-OH is 1. The number of non-ortho nitro benzene ring substituents is 1. The fourth-order valence-electron chi connectivity index (χ4n) is 9.13. The Morgan fingerprint density at radius 2 is 1.85 bits per heavy atom. The van der Waals surface area contributed by atoms with Crippen LogP contribution in [0.3, 0.4) is 0 Å². The van der Waals surface area contributed by atoms with E-state index in [1.807, 2.05) is 72.4 Å². The second-order valence-corrected chi connectivity index (χ2v) is 16.0. The van der Waals surface area contributed by atoms with Gasteiger partial charge in [-0.1, -0.05) is 69.3 Å². The van der Waals surface area contributed by atoms with Crippen molar-refractivity contribution in [3.8, 4) is 16.9 Å². The highest BCUT2D eigenvalue weighted by Gasteiger charge is 2.56. The summed E-state index contributed by atoms with van der Waals surface area (Å²) in [4.78, 5) is 43.1. The molecule has 1 heterocycles. The number of likely N-dealkylation sites (tertiary alicyclic amines) is 1. The number of carbonyl (C=O) groups excluding carboxylic acids is 2. The number of carbonyl (C=O) groups is 2. The number of ether oxygens (including phenoxy) is 1. The van der Waals surface area contributed by atoms with Crippen LogP contribution in [0.4, 0.5) is 5.69 Å². The van der Waals surface area contributed by atoms with Gasteiger partial charge in [0.05, 0.1) is 18.1 Å². The molecule has 278 valence electrons. The van der Waals surface area contributed by atoms with Crippen molar-refractivity contribution in [3.05, 3.63) is 93.5 Å². The maximum atomic E-state index is 13.8. The summed E-state index contributed by atoms with van der Waals surface area (Å²) in [6, 6.07) is 19.0. The molecular weight excluding hydrogens is 658 g/mol. The maximum Gasteiger partial charge on any atom is 0.270 e. The molecule has 1 aliphatic heterocycles. The number of benzene rings is 3. The summed E-state index contributed by atoms with van der Waals surface area (Å²) in [6.07, 6.45) is 2.46. The van der Waals surface area contributed by atoms with Crippen molar-refractivity contribution in [2.45, 2.75) is 77.2 Å². The van der Waals surface area contributed by atoms with E-state index in [1.165, 1.54) is 18.6 Å². The predicted octanol–water partition coefficient (Wildman–Crippen LogP) is 5.30. The molecule has 11 heteroatoms. The number of para-hydroxylation sites is 1. The van der Waals surface area contributed by atoms with E-state index < -0.39 is 23.0 Å². The molecule has 0 aromatic heterocycles. The second-order valence-electron chi connectivity index (χ2n) is 16.0. The Labute approximate surface area is 306 Å². The lowest BCUT2D eigenvalue weighted by molar-refractivity contribution is -0.384. The van der Waals surface area contributed by atoms with Crippen LogP contribution in [0, 0.1) is 33.3 Å². The van der Waals surface area contributed by atoms with Crippen LogP contribution in [-0.4, -0.2) is 90.2 Å². The normalized spacial score (nSPS) is 25.6. The lowest BCUT2D eigenvalue weighted by Crippen LogP contribution is -2.62. The van der Waals surface area contributed by atoms with E-state index >= 15 is 0 Å². The zero-order chi connectivity index (χ0) is 37.3. The van der Waals surface area contributed by atoms with E-state index in [0.29, 0.717) is 72.5 Å². The number of fused-ring (bicyclic) bond motifs is 2. The molecule has 3 aromatic rings. The van der Waals surface area contributed by atoms with E-state index in [0.717, 1.165) is 17.5 Å². The van der Waals surface area contributed by atoms with Crippen LogP contribution in [0.2, 0.25) is 0 Å². The average Bonchev–Trinajstić information content (AvgIpc) is 3.47. The topological polar surface area (TPSA) is 137 Å². The van der Waals surface area contributed by atoms with Gasteiger partial charge in [0.15, 0.2) is 0 Å². The van der Waals surface area contributed by atoms with Gasteiger partial charge in [0, 0.05) is 60.5 Å². The van der Waals surface area contributed by atoms with Crippen LogP contribution < -0.4 is 15.4 Å². The third kappa shape index (κ3) is 7.72. The van der Waals surface area contributed by atoms with Crippen molar-refractivity contribution in [1.29, 1.82) is 0 Å². The quantitative estimate of drug-likeness (QED) is 0.161. The first kappa shape index (κ1) is 37.4. The molecule has 7 rings (SSSR count). The number of nitro groups is 1. The fraction of sp³-hybridized carbons (Fsp3) is 0.512. The van der Waals surface area contributed by atoms with Gasteiger partial charge in [-0.3, -0.25) is 24.6 Å². The minimum atomic E-state index is -0.796. The molecule has 7 atom stereocenters. The number of aliphatic hydroxyl groups is 1. The lowest BCUT2D eigenvalue weighted by Gasteiger charge is -2.62. The summed E-state index contributed by atoms with van der Waals surface area (Å²) in [5, 5.41) is 29.6. The smallest absolute Gasteiger partial charge is 0.270 e. The third-order valence-corrected chi connectivity index (χ3v) is 12.0. The van der Waals surface area contributed by atoms with Gasteiger partial charge in [-0.2, -0.15) is 0 Å². The highest BCUT2D eigenvalue weighted by Crippen LogP contribution is 2.61. The Hall–Kier alpha value is -4.32. The number of nitrogens with one attached hydrogen (secondary N) is 2. The van der Waals surface area contributed by atoms with Crippen molar-refractivity contribution in [3.63, 3.8) is 0 Å². The highest BCUT2D eigenvalue weighted by molar-refractivity contribution is 5.97. The number of hydrogen-bond acceptors (Lipinski definition) is 8. The largest absolute Gasteiger partial charge is 0.496 e. The highest BCUT2D eigenvalue weighted by atomic mass is 16.6. The van der Waals surface area contributed by atoms with Crippen LogP contribution in [-0.2, 0) is 17.8 Å². The van der Waals surface area contributed by atoms with E-state index in [2.05, 4.69) is 31.4 Å². The molecule has 3 aromatic carbocycles. The number of rotatable bonds is 13. The number of nitro benzene ring substituents is 1. The molecular formula is C41H53N5O6. The van der Waals surface area contributed by atoms with Gasteiger partial charge < -0.3 is 25.4 Å². The summed E-state index contributed by atoms with van der Waals surface area (Å²) >= 11 is 0. The summed E-state index contributed by atoms with van der Waals surface area (Å²) in [7, 11) is 5.42. The Kier molecular flexibility index (Phi) is 11.0. The molecule has 3 N–H and O–H groups in total. The summed E-state index contributed by atoms with van der Waals surface area (Å²) in [5.41, 5.74) is 3.17. The standard InChI is InChI=1S/C41H53N5O6/c1-25-34-21-30(41(34,2)3)22-35(25)43-40(49)37-36(47)15-16-45(37)23-27-13-10-14-33(38(27)52-6)28-18-29(20-32(19-28)46(50)51)39(48)42-31(24-44(4)5)17-26-11-8-7-9-12-26/h7-14,18-20,25,30-31,34-37,47H,15-17,21-24H2,1-6H3,(H,42,48)(H,43,49)/t25-,30+,31-,34-,35-,36-,37-/m0/s1. The maximum absolute atomic E-state index is 13.8. The molecule has 1 saturated heterocycles. The zero-order valence-corrected chi connectivity index (χ0v) is 31.2. The number of nitrogens with zero attached hydrogens (tertiary/aromatic N) is 3. The lowest BCUT2D eigenvalue weighted by atomic mass is 9.45. The zero-order valence-electron chi connectivity index (χ0n) is 31.2. The SMILES string of the molecule is COc1c(CN2CC[C@H](O)[C@H]2C(=O)N[C@H]2C[C@H]3C[C@@H]([C@@H]2C)C3(C)C)cccc1-c1cc(C(=O)N[C@@H](Cc2ccccc2)CN(C)C)cc([N+](=O)[O-])c1. The molecule has 2 bridgehead atoms. The van der Waals surface area contributed by atoms with Crippen molar-refractivity contribution in [2.75, 3.05) is 34.3 Å². The van der Waals surface area contributed by atoms with Gasteiger partial charge >= 0.3 is 0 Å². The van der Waals surface area contributed by atoms with Crippen molar-refractivity contribution >= 4 is 17.5 Å². The summed E-state index contributed by atoms with van der Waals surface area (Å²) in [6.45, 7) is 8.36. The van der Waals surface area contributed by atoms with Crippen LogP contribution >= 0.6 is 0 Å². The van der Waals surface area contributed by atoms with Crippen molar-refractivity contribution < 1.29 is 24.4 Å². The van der Waals surface area contributed by atoms with Gasteiger partial charge in [0.1, 0.15) is 11.8 Å². The molecule has 3 saturated carbocycles. The molecule has 0 unspecified atom stereocenters. The third-order valence-electron chi connectivity index (χ3n) is 12.0. The number of likely N-dealkylation sites (N-methyl/N-ethyl adjacent to an activating group) is 1. The average molecular weight is 712 g/mol. The molecule has 0 spiro atoms. The number of amides is 2. The van der Waals surface area contributed by atoms with Gasteiger partial charge in [-0.15, -0.1) is 0 Å². The fourth-order valence-corrected chi connectivity index (χ4v) is 9.13. The number of hydrogen-bond donors (Lipinski definition) is 3. The van der Waals surface area contributed by atoms with Crippen LogP contribution in [0.5, 0.6) is 5.75 Å². The first-order chi connectivity index (χ1) is 24.8. The second kappa shape index (κ2) is 15.3. The van der Waals surface area contributed by atoms with E-state index in [9.17, 15) is 24.8 Å². The Morgan fingerprint density at radius 1 is 1.10 bits per heavy atom. The molecule has 3 aliphatic carbocycles. The van der Waals surface area contributed by atoms with Gasteiger partial charge in [-0.05, 0) is 80.1 Å². The van der Waals surface area contributed by atoms with Crippen molar-refractivity contribution in [1.82, 2.24) is 20.4 Å². The first-order valence-electron chi connectivity index (χ1n) is 18.4. The Balaban J connectivity index is 1.23. The number of methoxy groups -OCH3 is 1. The molecule has 52 heavy (non-hydrogen) atoms. The summed E-state index contributed by atoms with van der Waals surface area (Å²) < 4.78 is 5.95. The van der Waals surface area contributed by atoms with Gasteiger partial charge in [0.2, 0.25) is 5.91 Å². The van der Waals surface area contributed by atoms with Crippen LogP contribution in [0.15, 0.2) is 66.7 Å². The Bertz CT molecular complexity index is 1780. The van der Waals surface area contributed by atoms with Gasteiger partial charge in [-0.25, -0.2) is 0 Å². The van der Waals surface area contributed by atoms with Crippen LogP contribution in [0.1, 0.15) is 61.5 Å². The van der Waals surface area contributed by atoms with E-state index in [4.69, 9.17) is 4.74 Å². The first-order valence-corrected chi connectivity index (χ1v) is 18.4. The van der Waals surface area contributed by atoms with E-state index in [1.54, 1.807) is 13.2 Å². The monoisotopic (exact) mass is 711 g/mol. The van der Waals surface area contributed by atoms with Gasteiger partial charge in [0.25, 0.3) is 11.6 Å². The minimum absolute atomic E-state index is 0.0913. The minimum Gasteiger partial charge on any atom is -0.496 e. The molecule has 4 aliphatic rings. The Morgan fingerprint density at radius 3 is 2.50 bits per heavy atom. The molecule has 2 amide bonds. The van der Waals surface area contributed by atoms with Crippen LogP contribution in [0.25, 0.3) is 11.1 Å². The predicted molar refractivity (Wildman–Crippen MR) is 201 cm³/mol. The molecule has 4 fully saturated rings.